The molecular formula is C16H17ClFN. The van der Waals surface area contributed by atoms with Crippen LogP contribution in [0.25, 0.3) is 0 Å². The quantitative estimate of drug-likeness (QED) is 0.887. The Kier molecular flexibility index (Phi) is 4.23. The molecule has 0 amide bonds. The Morgan fingerprint density at radius 3 is 2.58 bits per heavy atom. The summed E-state index contributed by atoms with van der Waals surface area (Å²) in [5, 5.41) is 0.404. The fraction of sp³-hybridized carbons (Fsp3) is 0.250. The fourth-order valence-corrected chi connectivity index (χ4v) is 2.35. The second-order valence-electron chi connectivity index (χ2n) is 4.91. The standard InChI is InChI=1S/C16H17ClFN/c1-10-3-4-11(2)14(7-10)16(19)8-12-5-6-13(17)9-15(12)18/h3-7,9,16H,8,19H2,1-2H3. The predicted octanol–water partition coefficient (Wildman–Crippen LogP) is 4.34. The summed E-state index contributed by atoms with van der Waals surface area (Å²) < 4.78 is 13.8. The highest BCUT2D eigenvalue weighted by Gasteiger charge is 2.13. The number of rotatable bonds is 3. The van der Waals surface area contributed by atoms with E-state index in [0.717, 1.165) is 16.7 Å². The summed E-state index contributed by atoms with van der Waals surface area (Å²) in [6.45, 7) is 4.05. The molecule has 0 radical (unpaired) electrons. The number of benzene rings is 2. The molecule has 0 aliphatic rings. The van der Waals surface area contributed by atoms with Gasteiger partial charge < -0.3 is 5.73 Å². The molecule has 2 rings (SSSR count). The van der Waals surface area contributed by atoms with E-state index in [2.05, 4.69) is 12.1 Å². The van der Waals surface area contributed by atoms with Crippen molar-refractivity contribution in [3.63, 3.8) is 0 Å². The molecule has 2 aromatic carbocycles. The maximum absolute atomic E-state index is 13.8. The summed E-state index contributed by atoms with van der Waals surface area (Å²) >= 11 is 5.75. The molecule has 0 fully saturated rings. The van der Waals surface area contributed by atoms with Crippen LogP contribution in [-0.4, -0.2) is 0 Å². The van der Waals surface area contributed by atoms with E-state index in [1.165, 1.54) is 6.07 Å². The van der Waals surface area contributed by atoms with Crippen LogP contribution < -0.4 is 5.73 Å². The summed E-state index contributed by atoms with van der Waals surface area (Å²) in [5.41, 5.74) is 10.2. The zero-order valence-electron chi connectivity index (χ0n) is 11.1. The topological polar surface area (TPSA) is 26.0 Å². The van der Waals surface area contributed by atoms with Gasteiger partial charge in [-0.25, -0.2) is 4.39 Å². The molecule has 0 aromatic heterocycles. The second kappa shape index (κ2) is 5.72. The Morgan fingerprint density at radius 1 is 1.16 bits per heavy atom. The second-order valence-corrected chi connectivity index (χ2v) is 5.34. The Labute approximate surface area is 118 Å². The third kappa shape index (κ3) is 3.34. The van der Waals surface area contributed by atoms with Gasteiger partial charge in [0.15, 0.2) is 0 Å². The molecule has 19 heavy (non-hydrogen) atoms. The van der Waals surface area contributed by atoms with Crippen LogP contribution in [-0.2, 0) is 6.42 Å². The normalized spacial score (nSPS) is 12.5. The first-order chi connectivity index (χ1) is 8.97. The molecule has 0 bridgehead atoms. The van der Waals surface area contributed by atoms with E-state index in [1.807, 2.05) is 19.9 Å². The maximum Gasteiger partial charge on any atom is 0.127 e. The highest BCUT2D eigenvalue weighted by molar-refractivity contribution is 6.30. The highest BCUT2D eigenvalue weighted by atomic mass is 35.5. The molecule has 2 N–H and O–H groups in total. The van der Waals surface area contributed by atoms with Gasteiger partial charge >= 0.3 is 0 Å². The van der Waals surface area contributed by atoms with E-state index in [-0.39, 0.29) is 11.9 Å². The molecule has 1 unspecified atom stereocenters. The number of hydrogen-bond acceptors (Lipinski definition) is 1. The van der Waals surface area contributed by atoms with Gasteiger partial charge in [0.2, 0.25) is 0 Å². The van der Waals surface area contributed by atoms with Gasteiger partial charge in [0, 0.05) is 11.1 Å². The van der Waals surface area contributed by atoms with Crippen LogP contribution in [0.4, 0.5) is 4.39 Å². The van der Waals surface area contributed by atoms with Crippen LogP contribution in [0.2, 0.25) is 5.02 Å². The van der Waals surface area contributed by atoms with Gasteiger partial charge in [0.1, 0.15) is 5.82 Å². The minimum atomic E-state index is -0.298. The largest absolute Gasteiger partial charge is 0.324 e. The smallest absolute Gasteiger partial charge is 0.127 e. The summed E-state index contributed by atoms with van der Waals surface area (Å²) in [7, 11) is 0. The molecule has 1 atom stereocenters. The van der Waals surface area contributed by atoms with Gasteiger partial charge in [-0.1, -0.05) is 41.4 Å². The molecule has 100 valence electrons. The van der Waals surface area contributed by atoms with E-state index in [0.29, 0.717) is 17.0 Å². The molecule has 0 aliphatic carbocycles. The third-order valence-corrected chi connectivity index (χ3v) is 3.52. The Hall–Kier alpha value is -1.38. The van der Waals surface area contributed by atoms with E-state index in [4.69, 9.17) is 17.3 Å². The molecule has 0 saturated heterocycles. The zero-order chi connectivity index (χ0) is 14.0. The van der Waals surface area contributed by atoms with E-state index >= 15 is 0 Å². The molecule has 1 nitrogen and oxygen atoms in total. The summed E-state index contributed by atoms with van der Waals surface area (Å²) in [6.07, 6.45) is 0.466. The number of halogens is 2. The monoisotopic (exact) mass is 277 g/mol. The Balaban J connectivity index is 2.25. The van der Waals surface area contributed by atoms with Gasteiger partial charge in [0.05, 0.1) is 0 Å². The van der Waals surface area contributed by atoms with Crippen molar-refractivity contribution in [1.82, 2.24) is 0 Å². The SMILES string of the molecule is Cc1ccc(C)c(C(N)Cc2ccc(Cl)cc2F)c1. The van der Waals surface area contributed by atoms with Crippen molar-refractivity contribution in [1.29, 1.82) is 0 Å². The zero-order valence-corrected chi connectivity index (χ0v) is 11.8. The summed E-state index contributed by atoms with van der Waals surface area (Å²) in [5.74, 6) is -0.298. The van der Waals surface area contributed by atoms with Crippen LogP contribution >= 0.6 is 11.6 Å². The average Bonchev–Trinajstić information content (AvgIpc) is 2.35. The number of hydrogen-bond donors (Lipinski definition) is 1. The van der Waals surface area contributed by atoms with Crippen molar-refractivity contribution in [3.05, 3.63) is 69.5 Å². The van der Waals surface area contributed by atoms with Crippen molar-refractivity contribution in [3.8, 4) is 0 Å². The van der Waals surface area contributed by atoms with Gasteiger partial charge in [0.25, 0.3) is 0 Å². The van der Waals surface area contributed by atoms with Gasteiger partial charge in [-0.05, 0) is 49.1 Å². The van der Waals surface area contributed by atoms with Crippen LogP contribution in [0.15, 0.2) is 36.4 Å². The maximum atomic E-state index is 13.8. The van der Waals surface area contributed by atoms with Crippen LogP contribution in [0.5, 0.6) is 0 Å². The first kappa shape index (κ1) is 14.0. The average molecular weight is 278 g/mol. The minimum Gasteiger partial charge on any atom is -0.324 e. The van der Waals surface area contributed by atoms with E-state index < -0.39 is 0 Å². The lowest BCUT2D eigenvalue weighted by Crippen LogP contribution is -2.15. The van der Waals surface area contributed by atoms with E-state index in [9.17, 15) is 4.39 Å². The minimum absolute atomic E-state index is 0.212. The first-order valence-corrected chi connectivity index (χ1v) is 6.62. The lowest BCUT2D eigenvalue weighted by molar-refractivity contribution is 0.593. The van der Waals surface area contributed by atoms with Gasteiger partial charge in [-0.2, -0.15) is 0 Å². The Bertz CT molecular complexity index is 595. The van der Waals surface area contributed by atoms with Crippen molar-refractivity contribution >= 4 is 11.6 Å². The lowest BCUT2D eigenvalue weighted by atomic mass is 9.94. The van der Waals surface area contributed by atoms with E-state index in [1.54, 1.807) is 12.1 Å². The molecule has 0 heterocycles. The number of aryl methyl sites for hydroxylation is 2. The molecule has 0 saturated carbocycles. The molecule has 0 spiro atoms. The van der Waals surface area contributed by atoms with Crippen LogP contribution in [0.3, 0.4) is 0 Å². The highest BCUT2D eigenvalue weighted by Crippen LogP contribution is 2.23. The van der Waals surface area contributed by atoms with Crippen molar-refractivity contribution < 1.29 is 4.39 Å². The molecular weight excluding hydrogens is 261 g/mol. The first-order valence-electron chi connectivity index (χ1n) is 6.24. The molecule has 3 heteroatoms. The molecule has 0 aliphatic heterocycles. The van der Waals surface area contributed by atoms with Crippen molar-refractivity contribution in [2.24, 2.45) is 5.73 Å². The van der Waals surface area contributed by atoms with Gasteiger partial charge in [-0.15, -0.1) is 0 Å². The summed E-state index contributed by atoms with van der Waals surface area (Å²) in [4.78, 5) is 0. The van der Waals surface area contributed by atoms with Crippen LogP contribution in [0, 0.1) is 19.7 Å². The predicted molar refractivity (Wildman–Crippen MR) is 78.0 cm³/mol. The lowest BCUT2D eigenvalue weighted by Gasteiger charge is -2.16. The summed E-state index contributed by atoms with van der Waals surface area (Å²) in [6, 6.07) is 10.7. The van der Waals surface area contributed by atoms with Gasteiger partial charge in [-0.3, -0.25) is 0 Å². The van der Waals surface area contributed by atoms with Crippen LogP contribution in [0.1, 0.15) is 28.3 Å². The third-order valence-electron chi connectivity index (χ3n) is 3.29. The van der Waals surface area contributed by atoms with Crippen molar-refractivity contribution in [2.45, 2.75) is 26.3 Å². The van der Waals surface area contributed by atoms with Crippen molar-refractivity contribution in [2.75, 3.05) is 0 Å². The number of nitrogens with two attached hydrogens (primary N) is 1. The fourth-order valence-electron chi connectivity index (χ4n) is 2.19. The molecule has 2 aromatic rings. The Morgan fingerprint density at radius 2 is 1.89 bits per heavy atom.